The molecule has 2 N–H and O–H groups in total. The zero-order chi connectivity index (χ0) is 8.69. The molecule has 0 heterocycles. The van der Waals surface area contributed by atoms with Gasteiger partial charge in [0.15, 0.2) is 0 Å². The van der Waals surface area contributed by atoms with Crippen LogP contribution in [-0.4, -0.2) is 6.54 Å². The van der Waals surface area contributed by atoms with Crippen LogP contribution in [0.25, 0.3) is 0 Å². The van der Waals surface area contributed by atoms with E-state index in [-0.39, 0.29) is 0 Å². The Morgan fingerprint density at radius 2 is 1.64 bits per heavy atom. The number of rotatable bonds is 6. The third-order valence-electron chi connectivity index (χ3n) is 2.62. The molecule has 1 nitrogen and oxygen atoms in total. The van der Waals surface area contributed by atoms with Crippen molar-refractivity contribution in [2.24, 2.45) is 17.6 Å². The first-order valence-electron chi connectivity index (χ1n) is 4.94. The van der Waals surface area contributed by atoms with E-state index >= 15 is 0 Å². The maximum absolute atomic E-state index is 5.54. The average molecular weight is 157 g/mol. The summed E-state index contributed by atoms with van der Waals surface area (Å²) >= 11 is 0. The molecule has 0 amide bonds. The van der Waals surface area contributed by atoms with E-state index in [1.54, 1.807) is 0 Å². The highest BCUT2D eigenvalue weighted by molar-refractivity contribution is 4.59. The minimum atomic E-state index is 0.718. The van der Waals surface area contributed by atoms with Crippen molar-refractivity contribution in [2.75, 3.05) is 6.54 Å². The van der Waals surface area contributed by atoms with Crippen LogP contribution < -0.4 is 5.73 Å². The summed E-state index contributed by atoms with van der Waals surface area (Å²) in [5.41, 5.74) is 5.54. The molecule has 0 spiro atoms. The van der Waals surface area contributed by atoms with E-state index in [4.69, 9.17) is 5.73 Å². The second-order valence-corrected chi connectivity index (χ2v) is 3.60. The summed E-state index contributed by atoms with van der Waals surface area (Å²) in [6.45, 7) is 7.64. The van der Waals surface area contributed by atoms with Crippen LogP contribution in [0.2, 0.25) is 0 Å². The van der Waals surface area contributed by atoms with Crippen molar-refractivity contribution in [1.82, 2.24) is 0 Å². The highest BCUT2D eigenvalue weighted by atomic mass is 14.5. The van der Waals surface area contributed by atoms with Gasteiger partial charge in [0.2, 0.25) is 0 Å². The third-order valence-corrected chi connectivity index (χ3v) is 2.62. The van der Waals surface area contributed by atoms with E-state index in [1.165, 1.54) is 25.7 Å². The molecule has 0 aromatic rings. The molecule has 11 heavy (non-hydrogen) atoms. The number of hydrogen-bond acceptors (Lipinski definition) is 1. The van der Waals surface area contributed by atoms with Crippen molar-refractivity contribution in [3.63, 3.8) is 0 Å². The summed E-state index contributed by atoms with van der Waals surface area (Å²) in [4.78, 5) is 0. The van der Waals surface area contributed by atoms with E-state index in [1.807, 2.05) is 0 Å². The summed E-state index contributed by atoms with van der Waals surface area (Å²) in [6.07, 6.45) is 5.33. The van der Waals surface area contributed by atoms with Gasteiger partial charge in [0.25, 0.3) is 0 Å². The molecule has 0 aliphatic rings. The first-order chi connectivity index (χ1) is 5.24. The van der Waals surface area contributed by atoms with E-state index in [2.05, 4.69) is 20.8 Å². The van der Waals surface area contributed by atoms with Crippen LogP contribution in [0, 0.1) is 11.8 Å². The molecule has 0 saturated heterocycles. The normalized spacial score (nSPS) is 13.9. The minimum absolute atomic E-state index is 0.718. The fourth-order valence-corrected chi connectivity index (χ4v) is 1.33. The molecule has 1 heteroatoms. The molecule has 0 aliphatic heterocycles. The van der Waals surface area contributed by atoms with Gasteiger partial charge in [0.1, 0.15) is 0 Å². The smallest absolute Gasteiger partial charge is 0.00515 e. The molecule has 68 valence electrons. The lowest BCUT2D eigenvalue weighted by Crippen LogP contribution is -2.12. The van der Waals surface area contributed by atoms with E-state index in [0.717, 1.165) is 18.4 Å². The predicted molar refractivity (Wildman–Crippen MR) is 51.5 cm³/mol. The van der Waals surface area contributed by atoms with Crippen LogP contribution in [0.1, 0.15) is 46.5 Å². The Balaban J connectivity index is 3.34. The lowest BCUT2D eigenvalue weighted by Gasteiger charge is -2.14. The standard InChI is InChI=1S/C10H23N/c1-4-10(5-2)7-6-9(3)8-11/h9-10H,4-8,11H2,1-3H3. The molecular weight excluding hydrogens is 134 g/mol. The second kappa shape index (κ2) is 6.66. The largest absolute Gasteiger partial charge is 0.330 e. The maximum atomic E-state index is 5.54. The van der Waals surface area contributed by atoms with Gasteiger partial charge in [0.05, 0.1) is 0 Å². The molecule has 0 aromatic heterocycles. The Labute approximate surface area is 71.4 Å². The Kier molecular flexibility index (Phi) is 6.63. The van der Waals surface area contributed by atoms with E-state index in [9.17, 15) is 0 Å². The first kappa shape index (κ1) is 11.0. The summed E-state index contributed by atoms with van der Waals surface area (Å²) < 4.78 is 0. The van der Waals surface area contributed by atoms with Crippen LogP contribution in [0.5, 0.6) is 0 Å². The van der Waals surface area contributed by atoms with Crippen molar-refractivity contribution in [3.05, 3.63) is 0 Å². The summed E-state index contributed by atoms with van der Waals surface area (Å²) in [7, 11) is 0. The molecular formula is C10H23N. The second-order valence-electron chi connectivity index (χ2n) is 3.60. The van der Waals surface area contributed by atoms with Gasteiger partial charge >= 0.3 is 0 Å². The lowest BCUT2D eigenvalue weighted by molar-refractivity contribution is 0.394. The van der Waals surface area contributed by atoms with E-state index in [0.29, 0.717) is 0 Å². The van der Waals surface area contributed by atoms with Crippen molar-refractivity contribution >= 4 is 0 Å². The van der Waals surface area contributed by atoms with Gasteiger partial charge in [-0.1, -0.05) is 40.0 Å². The van der Waals surface area contributed by atoms with Gasteiger partial charge in [0, 0.05) is 0 Å². The van der Waals surface area contributed by atoms with Crippen molar-refractivity contribution in [3.8, 4) is 0 Å². The Hall–Kier alpha value is -0.0400. The molecule has 0 rings (SSSR count). The SMILES string of the molecule is CCC(CC)CCC(C)CN. The maximum Gasteiger partial charge on any atom is -0.00515 e. The number of hydrogen-bond donors (Lipinski definition) is 1. The van der Waals surface area contributed by atoms with E-state index < -0.39 is 0 Å². The fourth-order valence-electron chi connectivity index (χ4n) is 1.33. The van der Waals surface area contributed by atoms with Gasteiger partial charge in [-0.3, -0.25) is 0 Å². The van der Waals surface area contributed by atoms with Crippen molar-refractivity contribution in [2.45, 2.75) is 46.5 Å². The van der Waals surface area contributed by atoms with Crippen molar-refractivity contribution in [1.29, 1.82) is 0 Å². The molecule has 0 saturated carbocycles. The van der Waals surface area contributed by atoms with Crippen LogP contribution in [-0.2, 0) is 0 Å². The first-order valence-corrected chi connectivity index (χ1v) is 4.94. The monoisotopic (exact) mass is 157 g/mol. The van der Waals surface area contributed by atoms with Crippen LogP contribution in [0.4, 0.5) is 0 Å². The summed E-state index contributed by atoms with van der Waals surface area (Å²) in [5.74, 6) is 1.65. The van der Waals surface area contributed by atoms with Gasteiger partial charge < -0.3 is 5.73 Å². The van der Waals surface area contributed by atoms with Crippen LogP contribution in [0.15, 0.2) is 0 Å². The van der Waals surface area contributed by atoms with Gasteiger partial charge in [-0.15, -0.1) is 0 Å². The average Bonchev–Trinajstić information content (AvgIpc) is 2.06. The third kappa shape index (κ3) is 5.25. The highest BCUT2D eigenvalue weighted by Crippen LogP contribution is 2.17. The zero-order valence-corrected chi connectivity index (χ0v) is 8.27. The highest BCUT2D eigenvalue weighted by Gasteiger charge is 2.05. The lowest BCUT2D eigenvalue weighted by atomic mass is 9.93. The van der Waals surface area contributed by atoms with Crippen LogP contribution in [0.3, 0.4) is 0 Å². The Morgan fingerprint density at radius 1 is 1.09 bits per heavy atom. The molecule has 0 aromatic carbocycles. The van der Waals surface area contributed by atoms with Gasteiger partial charge in [-0.25, -0.2) is 0 Å². The molecule has 1 unspecified atom stereocenters. The minimum Gasteiger partial charge on any atom is -0.330 e. The molecule has 1 atom stereocenters. The molecule has 0 bridgehead atoms. The van der Waals surface area contributed by atoms with Crippen LogP contribution >= 0.6 is 0 Å². The summed E-state index contributed by atoms with van der Waals surface area (Å²) in [6, 6.07) is 0. The number of nitrogens with two attached hydrogens (primary N) is 1. The fraction of sp³-hybridized carbons (Fsp3) is 1.00. The van der Waals surface area contributed by atoms with Gasteiger partial charge in [-0.05, 0) is 24.8 Å². The molecule has 0 fully saturated rings. The molecule has 0 radical (unpaired) electrons. The Bertz CT molecular complexity index is 76.9. The van der Waals surface area contributed by atoms with Gasteiger partial charge in [-0.2, -0.15) is 0 Å². The summed E-state index contributed by atoms with van der Waals surface area (Å²) in [5, 5.41) is 0. The van der Waals surface area contributed by atoms with Crippen molar-refractivity contribution < 1.29 is 0 Å². The Morgan fingerprint density at radius 3 is 2.00 bits per heavy atom. The topological polar surface area (TPSA) is 26.0 Å². The quantitative estimate of drug-likeness (QED) is 0.630. The predicted octanol–water partition coefficient (Wildman–Crippen LogP) is 2.80. The molecule has 0 aliphatic carbocycles. The zero-order valence-electron chi connectivity index (χ0n) is 8.27.